The number of nitrogens with zero attached hydrogens (tertiary/aromatic N) is 4. The van der Waals surface area contributed by atoms with E-state index in [9.17, 15) is 0 Å². The molecule has 0 saturated carbocycles. The van der Waals surface area contributed by atoms with Crippen LogP contribution in [0.5, 0.6) is 0 Å². The van der Waals surface area contributed by atoms with Crippen LogP contribution in [0.25, 0.3) is 11.4 Å². The second-order valence-electron chi connectivity index (χ2n) is 3.35. The van der Waals surface area contributed by atoms with Crippen LogP contribution in [0.1, 0.15) is 19.9 Å². The van der Waals surface area contributed by atoms with E-state index in [-0.39, 0.29) is 0 Å². The predicted molar refractivity (Wildman–Crippen MR) is 52.4 cm³/mol. The van der Waals surface area contributed by atoms with E-state index in [1.807, 2.05) is 4.57 Å². The Kier molecular flexibility index (Phi) is 1.95. The standard InChI is InChI=1S/C8H12N6/c1-5(2)14-4-11-13-8(14)6-3-10-12-7(6)9/h3-5H,1-2H3,(H3,9,10,12). The normalized spacial score (nSPS) is 11.1. The van der Waals surface area contributed by atoms with Crippen molar-refractivity contribution in [2.75, 3.05) is 5.73 Å². The summed E-state index contributed by atoms with van der Waals surface area (Å²) >= 11 is 0. The number of anilines is 1. The molecule has 6 heteroatoms. The molecule has 0 radical (unpaired) electrons. The molecule has 2 rings (SSSR count). The first kappa shape index (κ1) is 8.74. The summed E-state index contributed by atoms with van der Waals surface area (Å²) in [7, 11) is 0. The maximum atomic E-state index is 5.70. The SMILES string of the molecule is CC(C)n1cnnc1-c1cn[nH]c1N. The molecule has 74 valence electrons. The number of rotatable bonds is 2. The van der Waals surface area contributed by atoms with Gasteiger partial charge in [-0.1, -0.05) is 0 Å². The molecule has 0 aromatic carbocycles. The average Bonchev–Trinajstić information content (AvgIpc) is 2.70. The quantitative estimate of drug-likeness (QED) is 0.738. The van der Waals surface area contributed by atoms with Gasteiger partial charge in [0.15, 0.2) is 5.82 Å². The highest BCUT2D eigenvalue weighted by molar-refractivity contribution is 5.67. The molecule has 6 nitrogen and oxygen atoms in total. The summed E-state index contributed by atoms with van der Waals surface area (Å²) in [4.78, 5) is 0. The summed E-state index contributed by atoms with van der Waals surface area (Å²) in [6.07, 6.45) is 3.34. The van der Waals surface area contributed by atoms with Gasteiger partial charge in [-0.15, -0.1) is 10.2 Å². The summed E-state index contributed by atoms with van der Waals surface area (Å²) in [5, 5.41) is 14.4. The zero-order valence-corrected chi connectivity index (χ0v) is 8.10. The Morgan fingerprint density at radius 1 is 1.50 bits per heavy atom. The fourth-order valence-electron chi connectivity index (χ4n) is 1.29. The van der Waals surface area contributed by atoms with Gasteiger partial charge in [-0.2, -0.15) is 5.10 Å². The molecule has 0 fully saturated rings. The molecule has 0 atom stereocenters. The van der Waals surface area contributed by atoms with E-state index >= 15 is 0 Å². The highest BCUT2D eigenvalue weighted by Gasteiger charge is 2.13. The van der Waals surface area contributed by atoms with Crippen LogP contribution < -0.4 is 5.73 Å². The Bertz CT molecular complexity index is 426. The third-order valence-electron chi connectivity index (χ3n) is 2.04. The number of aromatic amines is 1. The van der Waals surface area contributed by atoms with E-state index in [1.165, 1.54) is 0 Å². The van der Waals surface area contributed by atoms with Crippen LogP contribution in [0, 0.1) is 0 Å². The van der Waals surface area contributed by atoms with E-state index in [2.05, 4.69) is 34.2 Å². The molecule has 0 aliphatic carbocycles. The summed E-state index contributed by atoms with van der Waals surface area (Å²) in [5.41, 5.74) is 6.49. The van der Waals surface area contributed by atoms with Crippen LogP contribution in [0.3, 0.4) is 0 Å². The fourth-order valence-corrected chi connectivity index (χ4v) is 1.29. The molecule has 14 heavy (non-hydrogen) atoms. The number of hydrogen-bond donors (Lipinski definition) is 2. The molecular formula is C8H12N6. The minimum absolute atomic E-state index is 0.300. The van der Waals surface area contributed by atoms with Gasteiger partial charge < -0.3 is 10.3 Å². The van der Waals surface area contributed by atoms with Gasteiger partial charge in [0.1, 0.15) is 12.1 Å². The van der Waals surface area contributed by atoms with Gasteiger partial charge in [0, 0.05) is 6.04 Å². The van der Waals surface area contributed by atoms with E-state index in [0.29, 0.717) is 11.9 Å². The van der Waals surface area contributed by atoms with E-state index < -0.39 is 0 Å². The first-order chi connectivity index (χ1) is 6.70. The minimum Gasteiger partial charge on any atom is -0.383 e. The Labute approximate surface area is 81.1 Å². The highest BCUT2D eigenvalue weighted by atomic mass is 15.3. The van der Waals surface area contributed by atoms with Crippen molar-refractivity contribution in [2.24, 2.45) is 0 Å². The fraction of sp³-hybridized carbons (Fsp3) is 0.375. The summed E-state index contributed by atoms with van der Waals surface area (Å²) in [6.45, 7) is 4.12. The molecular weight excluding hydrogens is 180 g/mol. The van der Waals surface area contributed by atoms with Gasteiger partial charge in [-0.3, -0.25) is 5.10 Å². The zero-order valence-electron chi connectivity index (χ0n) is 8.10. The number of nitrogen functional groups attached to an aromatic ring is 1. The number of nitrogens with two attached hydrogens (primary N) is 1. The third-order valence-corrected chi connectivity index (χ3v) is 2.04. The van der Waals surface area contributed by atoms with Crippen LogP contribution in [0.2, 0.25) is 0 Å². The van der Waals surface area contributed by atoms with E-state index in [1.54, 1.807) is 12.5 Å². The molecule has 2 heterocycles. The molecule has 0 bridgehead atoms. The van der Waals surface area contributed by atoms with Crippen molar-refractivity contribution in [3.63, 3.8) is 0 Å². The Balaban J connectivity index is 2.52. The average molecular weight is 192 g/mol. The molecule has 0 aliphatic heterocycles. The molecule has 0 amide bonds. The lowest BCUT2D eigenvalue weighted by molar-refractivity contribution is 0.604. The Morgan fingerprint density at radius 2 is 2.29 bits per heavy atom. The predicted octanol–water partition coefficient (Wildman–Crippen LogP) is 0.831. The summed E-state index contributed by atoms with van der Waals surface area (Å²) in [6, 6.07) is 0.300. The van der Waals surface area contributed by atoms with Crippen molar-refractivity contribution in [3.8, 4) is 11.4 Å². The van der Waals surface area contributed by atoms with Crippen molar-refractivity contribution in [1.82, 2.24) is 25.0 Å². The van der Waals surface area contributed by atoms with Gasteiger partial charge in [0.05, 0.1) is 11.8 Å². The molecule has 0 spiro atoms. The van der Waals surface area contributed by atoms with Crippen LogP contribution in [-0.2, 0) is 0 Å². The van der Waals surface area contributed by atoms with Crippen molar-refractivity contribution in [3.05, 3.63) is 12.5 Å². The lowest BCUT2D eigenvalue weighted by atomic mass is 10.3. The first-order valence-corrected chi connectivity index (χ1v) is 4.39. The Morgan fingerprint density at radius 3 is 2.86 bits per heavy atom. The number of hydrogen-bond acceptors (Lipinski definition) is 4. The maximum Gasteiger partial charge on any atom is 0.169 e. The van der Waals surface area contributed by atoms with Gasteiger partial charge >= 0.3 is 0 Å². The second kappa shape index (κ2) is 3.13. The highest BCUT2D eigenvalue weighted by Crippen LogP contribution is 2.23. The van der Waals surface area contributed by atoms with E-state index in [0.717, 1.165) is 11.4 Å². The van der Waals surface area contributed by atoms with Gasteiger partial charge in [-0.25, -0.2) is 0 Å². The lowest BCUT2D eigenvalue weighted by Crippen LogP contribution is -2.02. The topological polar surface area (TPSA) is 85.4 Å². The largest absolute Gasteiger partial charge is 0.383 e. The molecule has 2 aromatic heterocycles. The van der Waals surface area contributed by atoms with Crippen LogP contribution in [0.4, 0.5) is 5.82 Å². The van der Waals surface area contributed by atoms with E-state index in [4.69, 9.17) is 5.73 Å². The summed E-state index contributed by atoms with van der Waals surface area (Å²) < 4.78 is 1.95. The van der Waals surface area contributed by atoms with Crippen LogP contribution in [-0.4, -0.2) is 25.0 Å². The van der Waals surface area contributed by atoms with Gasteiger partial charge in [0.2, 0.25) is 0 Å². The number of aromatic nitrogens is 5. The van der Waals surface area contributed by atoms with Crippen molar-refractivity contribution in [2.45, 2.75) is 19.9 Å². The monoisotopic (exact) mass is 192 g/mol. The smallest absolute Gasteiger partial charge is 0.169 e. The summed E-state index contributed by atoms with van der Waals surface area (Å²) in [5.74, 6) is 1.26. The molecule has 3 N–H and O–H groups in total. The van der Waals surface area contributed by atoms with Gasteiger partial charge in [0.25, 0.3) is 0 Å². The first-order valence-electron chi connectivity index (χ1n) is 4.39. The van der Waals surface area contributed by atoms with Crippen molar-refractivity contribution < 1.29 is 0 Å². The maximum absolute atomic E-state index is 5.70. The molecule has 0 aliphatic rings. The number of H-pyrrole nitrogens is 1. The van der Waals surface area contributed by atoms with Gasteiger partial charge in [-0.05, 0) is 13.8 Å². The number of nitrogens with one attached hydrogen (secondary N) is 1. The molecule has 0 saturated heterocycles. The minimum atomic E-state index is 0.300. The zero-order chi connectivity index (χ0) is 10.1. The van der Waals surface area contributed by atoms with Crippen molar-refractivity contribution in [1.29, 1.82) is 0 Å². The van der Waals surface area contributed by atoms with Crippen LogP contribution >= 0.6 is 0 Å². The molecule has 2 aromatic rings. The Hall–Kier alpha value is -1.85. The third kappa shape index (κ3) is 1.24. The lowest BCUT2D eigenvalue weighted by Gasteiger charge is -2.08. The second-order valence-corrected chi connectivity index (χ2v) is 3.35. The van der Waals surface area contributed by atoms with Crippen LogP contribution in [0.15, 0.2) is 12.5 Å². The molecule has 0 unspecified atom stereocenters. The van der Waals surface area contributed by atoms with Crippen molar-refractivity contribution >= 4 is 5.82 Å².